The van der Waals surface area contributed by atoms with Crippen LogP contribution in [0.3, 0.4) is 0 Å². The number of hydrogen-bond acceptors (Lipinski definition) is 5. The number of hydrogen-bond donors (Lipinski definition) is 2. The van der Waals surface area contributed by atoms with Crippen LogP contribution in [0, 0.1) is 0 Å². The summed E-state index contributed by atoms with van der Waals surface area (Å²) >= 11 is 0.702. The number of carbonyl (C=O) groups excluding carboxylic acids is 1. The zero-order valence-corrected chi connectivity index (χ0v) is 12.8. The molecule has 124 valence electrons. The Hall–Kier alpha value is -2.36. The number of aromatic nitrogens is 2. The van der Waals surface area contributed by atoms with Crippen LogP contribution < -0.4 is 15.4 Å². The van der Waals surface area contributed by atoms with E-state index < -0.39 is 17.9 Å². The Morgan fingerprint density at radius 3 is 2.87 bits per heavy atom. The van der Waals surface area contributed by atoms with Crippen molar-refractivity contribution in [2.24, 2.45) is 0 Å². The highest BCUT2D eigenvalue weighted by atomic mass is 32.1. The van der Waals surface area contributed by atoms with E-state index in [-0.39, 0.29) is 11.7 Å². The summed E-state index contributed by atoms with van der Waals surface area (Å²) in [4.78, 5) is 19.0. The predicted molar refractivity (Wildman–Crippen MR) is 78.4 cm³/mol. The molecule has 6 nitrogen and oxygen atoms in total. The molecule has 2 aromatic rings. The molecule has 0 aliphatic carbocycles. The van der Waals surface area contributed by atoms with E-state index in [1.165, 1.54) is 6.20 Å². The molecule has 2 rings (SSSR count). The Kier molecular flexibility index (Phi) is 5.37. The Morgan fingerprint density at radius 1 is 1.43 bits per heavy atom. The van der Waals surface area contributed by atoms with Crippen molar-refractivity contribution in [2.45, 2.75) is 19.6 Å². The van der Waals surface area contributed by atoms with Crippen LogP contribution in [0.2, 0.25) is 0 Å². The maximum Gasteiger partial charge on any atom is 0.434 e. The van der Waals surface area contributed by atoms with E-state index in [2.05, 4.69) is 20.6 Å². The van der Waals surface area contributed by atoms with Crippen LogP contribution in [0.15, 0.2) is 23.7 Å². The molecule has 0 aliphatic rings. The van der Waals surface area contributed by atoms with Crippen molar-refractivity contribution in [3.63, 3.8) is 0 Å². The minimum atomic E-state index is -4.53. The highest BCUT2D eigenvalue weighted by molar-refractivity contribution is 7.13. The van der Waals surface area contributed by atoms with Crippen molar-refractivity contribution in [2.75, 3.05) is 11.9 Å². The monoisotopic (exact) mass is 346 g/mol. The lowest BCUT2D eigenvalue weighted by molar-refractivity contribution is -0.140. The Balaban J connectivity index is 1.88. The van der Waals surface area contributed by atoms with Gasteiger partial charge in [-0.1, -0.05) is 0 Å². The molecule has 2 heterocycles. The van der Waals surface area contributed by atoms with Gasteiger partial charge >= 0.3 is 12.2 Å². The molecule has 2 N–H and O–H groups in total. The van der Waals surface area contributed by atoms with Gasteiger partial charge in [-0.3, -0.25) is 5.32 Å². The van der Waals surface area contributed by atoms with Crippen LogP contribution in [0.25, 0.3) is 0 Å². The molecular formula is C13H13F3N4O2S. The second-order valence-corrected chi connectivity index (χ2v) is 5.14. The fourth-order valence-electron chi connectivity index (χ4n) is 1.57. The molecule has 0 spiro atoms. The first-order valence-electron chi connectivity index (χ1n) is 6.53. The average molecular weight is 346 g/mol. The van der Waals surface area contributed by atoms with E-state index in [0.29, 0.717) is 23.8 Å². The van der Waals surface area contributed by atoms with Crippen molar-refractivity contribution in [1.82, 2.24) is 15.3 Å². The Morgan fingerprint density at radius 2 is 2.22 bits per heavy atom. The van der Waals surface area contributed by atoms with E-state index >= 15 is 0 Å². The first-order valence-corrected chi connectivity index (χ1v) is 7.41. The molecule has 23 heavy (non-hydrogen) atoms. The lowest BCUT2D eigenvalue weighted by Gasteiger charge is -2.07. The normalized spacial score (nSPS) is 11.1. The molecule has 0 aliphatic heterocycles. The van der Waals surface area contributed by atoms with Gasteiger partial charge in [-0.15, -0.1) is 11.3 Å². The fourth-order valence-corrected chi connectivity index (χ4v) is 2.28. The van der Waals surface area contributed by atoms with Crippen molar-refractivity contribution < 1.29 is 22.7 Å². The van der Waals surface area contributed by atoms with Crippen molar-refractivity contribution >= 4 is 22.5 Å². The third-order valence-corrected chi connectivity index (χ3v) is 3.32. The number of carbonyl (C=O) groups is 1. The standard InChI is InChI=1S/C13H13F3N4O2S/c1-2-22-10-5-8(3-4-17-10)6-18-11(21)20-12-19-9(7-23-12)13(14,15)16/h3-5,7H,2,6H2,1H3,(H2,18,19,20,21). The van der Waals surface area contributed by atoms with Gasteiger partial charge in [0, 0.05) is 24.2 Å². The van der Waals surface area contributed by atoms with Gasteiger partial charge in [-0.25, -0.2) is 14.8 Å². The number of ether oxygens (including phenoxy) is 1. The topological polar surface area (TPSA) is 76.1 Å². The summed E-state index contributed by atoms with van der Waals surface area (Å²) in [7, 11) is 0. The Labute approximate surface area is 133 Å². The maximum atomic E-state index is 12.4. The number of rotatable bonds is 5. The van der Waals surface area contributed by atoms with Crippen LogP contribution in [0.4, 0.5) is 23.1 Å². The number of halogens is 3. The van der Waals surface area contributed by atoms with Gasteiger partial charge in [0.15, 0.2) is 10.8 Å². The van der Waals surface area contributed by atoms with E-state index in [1.54, 1.807) is 12.1 Å². The quantitative estimate of drug-likeness (QED) is 0.871. The summed E-state index contributed by atoms with van der Waals surface area (Å²) in [6, 6.07) is 2.70. The molecule has 0 bridgehead atoms. The molecule has 0 fully saturated rings. The number of pyridine rings is 1. The van der Waals surface area contributed by atoms with Crippen LogP contribution in [-0.4, -0.2) is 22.6 Å². The highest BCUT2D eigenvalue weighted by Gasteiger charge is 2.33. The third-order valence-electron chi connectivity index (χ3n) is 2.56. The lowest BCUT2D eigenvalue weighted by Crippen LogP contribution is -2.28. The van der Waals surface area contributed by atoms with Crippen LogP contribution >= 0.6 is 11.3 Å². The van der Waals surface area contributed by atoms with Crippen LogP contribution in [0.5, 0.6) is 5.88 Å². The molecule has 0 atom stereocenters. The smallest absolute Gasteiger partial charge is 0.434 e. The molecule has 0 saturated carbocycles. The number of urea groups is 1. The highest BCUT2D eigenvalue weighted by Crippen LogP contribution is 2.31. The summed E-state index contributed by atoms with van der Waals surface area (Å²) in [5.74, 6) is 0.432. The summed E-state index contributed by atoms with van der Waals surface area (Å²) in [6.45, 7) is 2.46. The van der Waals surface area contributed by atoms with Crippen molar-refractivity contribution in [3.8, 4) is 5.88 Å². The summed E-state index contributed by atoms with van der Waals surface area (Å²) in [5.41, 5.74) is -0.290. The zero-order valence-electron chi connectivity index (χ0n) is 12.0. The molecule has 2 aromatic heterocycles. The van der Waals surface area contributed by atoms with Gasteiger partial charge in [0.25, 0.3) is 0 Å². The van der Waals surface area contributed by atoms with Gasteiger partial charge in [0.2, 0.25) is 5.88 Å². The molecule has 0 radical (unpaired) electrons. The Bertz CT molecular complexity index is 675. The number of alkyl halides is 3. The van der Waals surface area contributed by atoms with E-state index in [0.717, 1.165) is 10.9 Å². The maximum absolute atomic E-state index is 12.4. The van der Waals surface area contributed by atoms with Gasteiger partial charge < -0.3 is 10.1 Å². The summed E-state index contributed by atoms with van der Waals surface area (Å²) in [5, 5.41) is 5.49. The molecular weight excluding hydrogens is 333 g/mol. The fraction of sp³-hybridized carbons (Fsp3) is 0.308. The minimum Gasteiger partial charge on any atom is -0.478 e. The minimum absolute atomic E-state index is 0.125. The van der Waals surface area contributed by atoms with E-state index in [9.17, 15) is 18.0 Å². The van der Waals surface area contributed by atoms with Gasteiger partial charge in [-0.05, 0) is 18.6 Å². The first kappa shape index (κ1) is 17.0. The first-order chi connectivity index (χ1) is 10.9. The van der Waals surface area contributed by atoms with E-state index in [4.69, 9.17) is 4.74 Å². The number of thiazole rings is 1. The largest absolute Gasteiger partial charge is 0.478 e. The lowest BCUT2D eigenvalue weighted by atomic mass is 10.2. The summed E-state index contributed by atoms with van der Waals surface area (Å²) in [6.07, 6.45) is -2.99. The van der Waals surface area contributed by atoms with E-state index in [1.807, 2.05) is 6.92 Å². The molecule has 10 heteroatoms. The number of nitrogens with zero attached hydrogens (tertiary/aromatic N) is 2. The van der Waals surface area contributed by atoms with Crippen LogP contribution in [-0.2, 0) is 12.7 Å². The third kappa shape index (κ3) is 5.09. The van der Waals surface area contributed by atoms with Crippen molar-refractivity contribution in [3.05, 3.63) is 35.0 Å². The summed E-state index contributed by atoms with van der Waals surface area (Å²) < 4.78 is 42.4. The average Bonchev–Trinajstić information content (AvgIpc) is 2.95. The molecule has 0 aromatic carbocycles. The predicted octanol–water partition coefficient (Wildman–Crippen LogP) is 3.28. The number of anilines is 1. The van der Waals surface area contributed by atoms with Gasteiger partial charge in [0.05, 0.1) is 6.61 Å². The molecule has 0 unspecified atom stereocenters. The van der Waals surface area contributed by atoms with Gasteiger partial charge in [-0.2, -0.15) is 13.2 Å². The number of nitrogens with one attached hydrogen (secondary N) is 2. The number of amides is 2. The van der Waals surface area contributed by atoms with Crippen molar-refractivity contribution in [1.29, 1.82) is 0 Å². The molecule has 0 saturated heterocycles. The zero-order chi connectivity index (χ0) is 16.9. The van der Waals surface area contributed by atoms with Crippen LogP contribution in [0.1, 0.15) is 18.2 Å². The second-order valence-electron chi connectivity index (χ2n) is 4.28. The molecule has 2 amide bonds. The second kappa shape index (κ2) is 7.27. The van der Waals surface area contributed by atoms with Gasteiger partial charge in [0.1, 0.15) is 0 Å². The SMILES string of the molecule is CCOc1cc(CNC(=O)Nc2nc(C(F)(F)F)cs2)ccn1.